The van der Waals surface area contributed by atoms with Gasteiger partial charge in [0.2, 0.25) is 11.9 Å². The highest BCUT2D eigenvalue weighted by molar-refractivity contribution is 7.90. The van der Waals surface area contributed by atoms with Crippen LogP contribution in [0.4, 0.5) is 5.95 Å². The molecule has 1 amide bonds. The first-order chi connectivity index (χ1) is 12.4. The molecule has 2 saturated heterocycles. The fourth-order valence-corrected chi connectivity index (χ4v) is 4.33. The van der Waals surface area contributed by atoms with Gasteiger partial charge < -0.3 is 14.5 Å². The predicted molar refractivity (Wildman–Crippen MR) is 97.0 cm³/mol. The quantitative estimate of drug-likeness (QED) is 0.761. The van der Waals surface area contributed by atoms with Gasteiger partial charge in [-0.3, -0.25) is 4.79 Å². The highest BCUT2D eigenvalue weighted by Crippen LogP contribution is 2.32. The summed E-state index contributed by atoms with van der Waals surface area (Å²) in [4.78, 5) is 24.9. The first-order valence-corrected chi connectivity index (χ1v) is 11.0. The monoisotopic (exact) mass is 382 g/mol. The molecule has 0 radical (unpaired) electrons. The van der Waals surface area contributed by atoms with Gasteiger partial charge in [-0.2, -0.15) is 0 Å². The largest absolute Gasteiger partial charge is 0.378 e. The van der Waals surface area contributed by atoms with Crippen molar-refractivity contribution >= 4 is 21.7 Å². The molecule has 144 valence electrons. The number of likely N-dealkylation sites (tertiary alicyclic amines) is 1. The number of rotatable bonds is 4. The zero-order valence-electron chi connectivity index (χ0n) is 15.3. The van der Waals surface area contributed by atoms with Gasteiger partial charge in [0.1, 0.15) is 4.90 Å². The van der Waals surface area contributed by atoms with E-state index in [9.17, 15) is 13.2 Å². The van der Waals surface area contributed by atoms with Gasteiger partial charge in [-0.1, -0.05) is 6.92 Å². The molecular weight excluding hydrogens is 356 g/mol. The average Bonchev–Trinajstić information content (AvgIpc) is 2.67. The SMILES string of the molecule is CCC(=O)N1CCC(c2nc(N3CCOCC3)ncc2S(C)(=O)=O)CC1. The molecule has 1 aromatic rings. The lowest BCUT2D eigenvalue weighted by Crippen LogP contribution is -2.39. The lowest BCUT2D eigenvalue weighted by molar-refractivity contribution is -0.131. The van der Waals surface area contributed by atoms with E-state index in [1.807, 2.05) is 16.7 Å². The number of amides is 1. The molecule has 26 heavy (non-hydrogen) atoms. The number of carbonyl (C=O) groups excluding carboxylic acids is 1. The summed E-state index contributed by atoms with van der Waals surface area (Å²) in [5, 5.41) is 0. The fraction of sp³-hybridized carbons (Fsp3) is 0.706. The molecule has 0 atom stereocenters. The summed E-state index contributed by atoms with van der Waals surface area (Å²) in [5.41, 5.74) is 0.590. The van der Waals surface area contributed by atoms with Crippen LogP contribution in [0.15, 0.2) is 11.1 Å². The van der Waals surface area contributed by atoms with Crippen molar-refractivity contribution in [2.75, 3.05) is 50.5 Å². The Morgan fingerprint density at radius 1 is 1.23 bits per heavy atom. The molecule has 0 unspecified atom stereocenters. The van der Waals surface area contributed by atoms with E-state index in [0.29, 0.717) is 70.3 Å². The Balaban J connectivity index is 1.87. The van der Waals surface area contributed by atoms with Crippen LogP contribution in [0.2, 0.25) is 0 Å². The van der Waals surface area contributed by atoms with Gasteiger partial charge in [0, 0.05) is 44.8 Å². The third-order valence-electron chi connectivity index (χ3n) is 5.00. The van der Waals surface area contributed by atoms with E-state index in [4.69, 9.17) is 4.74 Å². The lowest BCUT2D eigenvalue weighted by Gasteiger charge is -2.33. The van der Waals surface area contributed by atoms with E-state index in [-0.39, 0.29) is 16.7 Å². The van der Waals surface area contributed by atoms with E-state index < -0.39 is 9.84 Å². The number of sulfone groups is 1. The summed E-state index contributed by atoms with van der Waals surface area (Å²) in [6, 6.07) is 0. The topological polar surface area (TPSA) is 92.7 Å². The maximum Gasteiger partial charge on any atom is 0.225 e. The Hall–Kier alpha value is -1.74. The molecule has 0 N–H and O–H groups in total. The number of carbonyl (C=O) groups is 1. The van der Waals surface area contributed by atoms with Crippen LogP contribution in [0, 0.1) is 0 Å². The number of ether oxygens (including phenoxy) is 1. The Bertz CT molecular complexity index is 754. The molecule has 0 aliphatic carbocycles. The summed E-state index contributed by atoms with van der Waals surface area (Å²) in [5.74, 6) is 0.717. The minimum atomic E-state index is -3.41. The number of aromatic nitrogens is 2. The van der Waals surface area contributed by atoms with Crippen LogP contribution in [-0.2, 0) is 19.4 Å². The Labute approximate surface area is 154 Å². The van der Waals surface area contributed by atoms with Crippen molar-refractivity contribution in [3.63, 3.8) is 0 Å². The van der Waals surface area contributed by atoms with Gasteiger partial charge in [0.25, 0.3) is 0 Å². The molecule has 2 aliphatic heterocycles. The third kappa shape index (κ3) is 4.15. The summed E-state index contributed by atoms with van der Waals surface area (Å²) in [6.45, 7) is 5.75. The second-order valence-electron chi connectivity index (χ2n) is 6.80. The van der Waals surface area contributed by atoms with Gasteiger partial charge in [-0.15, -0.1) is 0 Å². The van der Waals surface area contributed by atoms with Crippen molar-refractivity contribution in [2.45, 2.75) is 37.0 Å². The van der Waals surface area contributed by atoms with Gasteiger partial charge >= 0.3 is 0 Å². The fourth-order valence-electron chi connectivity index (χ4n) is 3.49. The zero-order chi connectivity index (χ0) is 18.7. The minimum Gasteiger partial charge on any atom is -0.378 e. The molecular formula is C17H26N4O4S. The van der Waals surface area contributed by atoms with Crippen molar-refractivity contribution in [3.8, 4) is 0 Å². The summed E-state index contributed by atoms with van der Waals surface area (Å²) < 4.78 is 29.8. The van der Waals surface area contributed by atoms with E-state index in [0.717, 1.165) is 0 Å². The molecule has 8 nitrogen and oxygen atoms in total. The minimum absolute atomic E-state index is 0.0171. The van der Waals surface area contributed by atoms with Crippen LogP contribution in [0.3, 0.4) is 0 Å². The molecule has 0 bridgehead atoms. The van der Waals surface area contributed by atoms with Gasteiger partial charge in [-0.05, 0) is 12.8 Å². The molecule has 3 heterocycles. The molecule has 9 heteroatoms. The number of nitrogens with zero attached hydrogens (tertiary/aromatic N) is 4. The Kier molecular flexibility index (Phi) is 5.76. The van der Waals surface area contributed by atoms with Crippen LogP contribution in [-0.4, -0.2) is 74.8 Å². The molecule has 0 spiro atoms. The second-order valence-corrected chi connectivity index (χ2v) is 8.78. The Morgan fingerprint density at radius 3 is 2.46 bits per heavy atom. The summed E-state index contributed by atoms with van der Waals surface area (Å²) in [7, 11) is -3.41. The molecule has 0 saturated carbocycles. The molecule has 2 aliphatic rings. The number of piperidine rings is 1. The molecule has 3 rings (SSSR count). The van der Waals surface area contributed by atoms with Crippen LogP contribution < -0.4 is 4.90 Å². The molecule has 1 aromatic heterocycles. The first-order valence-electron chi connectivity index (χ1n) is 9.07. The zero-order valence-corrected chi connectivity index (χ0v) is 16.2. The number of anilines is 1. The lowest BCUT2D eigenvalue weighted by atomic mass is 9.93. The number of hydrogen-bond acceptors (Lipinski definition) is 7. The maximum absolute atomic E-state index is 12.2. The highest BCUT2D eigenvalue weighted by Gasteiger charge is 2.29. The van der Waals surface area contributed by atoms with E-state index >= 15 is 0 Å². The van der Waals surface area contributed by atoms with E-state index in [1.165, 1.54) is 12.5 Å². The van der Waals surface area contributed by atoms with Crippen molar-refractivity contribution in [3.05, 3.63) is 11.9 Å². The van der Waals surface area contributed by atoms with Crippen LogP contribution in [0.5, 0.6) is 0 Å². The van der Waals surface area contributed by atoms with E-state index in [1.54, 1.807) is 0 Å². The van der Waals surface area contributed by atoms with E-state index in [2.05, 4.69) is 9.97 Å². The first kappa shape index (κ1) is 19.0. The van der Waals surface area contributed by atoms with Crippen molar-refractivity contribution in [1.82, 2.24) is 14.9 Å². The van der Waals surface area contributed by atoms with Gasteiger partial charge in [0.15, 0.2) is 9.84 Å². The van der Waals surface area contributed by atoms with Crippen LogP contribution >= 0.6 is 0 Å². The van der Waals surface area contributed by atoms with Crippen molar-refractivity contribution in [1.29, 1.82) is 0 Å². The average molecular weight is 382 g/mol. The Morgan fingerprint density at radius 2 is 1.88 bits per heavy atom. The smallest absolute Gasteiger partial charge is 0.225 e. The highest BCUT2D eigenvalue weighted by atomic mass is 32.2. The summed E-state index contributed by atoms with van der Waals surface area (Å²) >= 11 is 0. The molecule has 0 aromatic carbocycles. The number of morpholine rings is 1. The molecule has 2 fully saturated rings. The maximum atomic E-state index is 12.2. The standard InChI is InChI=1S/C17H26N4O4S/c1-3-15(22)20-6-4-13(5-7-20)16-14(26(2,23)24)12-18-17(19-16)21-8-10-25-11-9-21/h12-13H,3-11H2,1-2H3. The van der Waals surface area contributed by atoms with Crippen molar-refractivity contribution < 1.29 is 17.9 Å². The van der Waals surface area contributed by atoms with Gasteiger partial charge in [-0.25, -0.2) is 18.4 Å². The second kappa shape index (κ2) is 7.87. The van der Waals surface area contributed by atoms with Crippen LogP contribution in [0.25, 0.3) is 0 Å². The van der Waals surface area contributed by atoms with Crippen LogP contribution in [0.1, 0.15) is 37.8 Å². The normalized spacial score (nSPS) is 19.6. The number of hydrogen-bond donors (Lipinski definition) is 0. The van der Waals surface area contributed by atoms with Gasteiger partial charge in [0.05, 0.1) is 25.1 Å². The summed E-state index contributed by atoms with van der Waals surface area (Å²) in [6.07, 6.45) is 4.56. The predicted octanol–water partition coefficient (Wildman–Crippen LogP) is 0.833. The van der Waals surface area contributed by atoms with Crippen molar-refractivity contribution in [2.24, 2.45) is 0 Å². The third-order valence-corrected chi connectivity index (χ3v) is 6.11.